The molecule has 3 rings (SSSR count). The number of hydrogen-bond acceptors (Lipinski definition) is 1. The highest BCUT2D eigenvalue weighted by Gasteiger charge is 2.39. The first kappa shape index (κ1) is 16.3. The van der Waals surface area contributed by atoms with Crippen molar-refractivity contribution < 1.29 is 9.90 Å². The van der Waals surface area contributed by atoms with E-state index in [9.17, 15) is 4.79 Å². The third-order valence-electron chi connectivity index (χ3n) is 7.25. The number of rotatable bonds is 4. The smallest absolute Gasteiger partial charge is 0.306 e. The largest absolute Gasteiger partial charge is 0.481 e. The van der Waals surface area contributed by atoms with Crippen molar-refractivity contribution in [3.63, 3.8) is 0 Å². The fraction of sp³-hybridized carbons (Fsp3) is 0.950. The standard InChI is InChI=1S/C20H34O2/c1-2-3-14-4-5-19-13-18(11-10-17(19)12-14)15-6-8-16(9-7-15)20(21)22/h14-19H,2-13H2,1H3,(H,21,22). The summed E-state index contributed by atoms with van der Waals surface area (Å²) in [4.78, 5) is 11.1. The van der Waals surface area contributed by atoms with Crippen LogP contribution in [0, 0.1) is 35.5 Å². The van der Waals surface area contributed by atoms with Gasteiger partial charge in [-0.15, -0.1) is 0 Å². The van der Waals surface area contributed by atoms with Crippen LogP contribution in [0.4, 0.5) is 0 Å². The third kappa shape index (κ3) is 3.68. The van der Waals surface area contributed by atoms with E-state index in [1.54, 1.807) is 0 Å². The van der Waals surface area contributed by atoms with E-state index in [0.29, 0.717) is 0 Å². The molecule has 126 valence electrons. The van der Waals surface area contributed by atoms with Crippen LogP contribution < -0.4 is 0 Å². The first-order valence-electron chi connectivity index (χ1n) is 9.90. The van der Waals surface area contributed by atoms with Gasteiger partial charge in [-0.05, 0) is 87.4 Å². The summed E-state index contributed by atoms with van der Waals surface area (Å²) in [5.74, 6) is 4.20. The summed E-state index contributed by atoms with van der Waals surface area (Å²) in [7, 11) is 0. The molecule has 0 radical (unpaired) electrons. The Morgan fingerprint density at radius 2 is 1.36 bits per heavy atom. The first-order chi connectivity index (χ1) is 10.7. The van der Waals surface area contributed by atoms with Gasteiger partial charge < -0.3 is 5.11 Å². The summed E-state index contributed by atoms with van der Waals surface area (Å²) < 4.78 is 0. The number of hydrogen-bond donors (Lipinski definition) is 1. The fourth-order valence-corrected chi connectivity index (χ4v) is 5.96. The molecule has 3 aliphatic rings. The van der Waals surface area contributed by atoms with Crippen LogP contribution in [-0.4, -0.2) is 11.1 Å². The molecular weight excluding hydrogens is 272 g/mol. The van der Waals surface area contributed by atoms with Crippen molar-refractivity contribution in [2.75, 3.05) is 0 Å². The lowest BCUT2D eigenvalue weighted by atomic mass is 9.60. The molecule has 4 atom stereocenters. The molecule has 0 aromatic rings. The minimum Gasteiger partial charge on any atom is -0.481 e. The maximum Gasteiger partial charge on any atom is 0.306 e. The fourth-order valence-electron chi connectivity index (χ4n) is 5.96. The van der Waals surface area contributed by atoms with Gasteiger partial charge in [0.1, 0.15) is 0 Å². The van der Waals surface area contributed by atoms with Gasteiger partial charge in [-0.1, -0.05) is 26.2 Å². The molecule has 1 N–H and O–H groups in total. The van der Waals surface area contributed by atoms with E-state index in [1.165, 1.54) is 64.2 Å². The van der Waals surface area contributed by atoms with Crippen molar-refractivity contribution in [1.82, 2.24) is 0 Å². The van der Waals surface area contributed by atoms with Gasteiger partial charge in [0.25, 0.3) is 0 Å². The summed E-state index contributed by atoms with van der Waals surface area (Å²) in [5, 5.41) is 9.16. The molecule has 0 aromatic carbocycles. The summed E-state index contributed by atoms with van der Waals surface area (Å²) in [6, 6.07) is 0. The number of carboxylic acid groups (broad SMARTS) is 1. The highest BCUT2D eigenvalue weighted by Crippen LogP contribution is 2.49. The van der Waals surface area contributed by atoms with Crippen LogP contribution in [0.15, 0.2) is 0 Å². The maximum absolute atomic E-state index is 11.1. The van der Waals surface area contributed by atoms with Crippen LogP contribution in [0.1, 0.15) is 84.0 Å². The molecule has 2 nitrogen and oxygen atoms in total. The van der Waals surface area contributed by atoms with Gasteiger partial charge in [0.05, 0.1) is 5.92 Å². The molecule has 3 saturated carbocycles. The lowest BCUT2D eigenvalue weighted by Gasteiger charge is -2.45. The number of carbonyl (C=O) groups is 1. The zero-order valence-electron chi connectivity index (χ0n) is 14.3. The Morgan fingerprint density at radius 1 is 0.818 bits per heavy atom. The molecule has 0 amide bonds. The van der Waals surface area contributed by atoms with Gasteiger partial charge in [0.2, 0.25) is 0 Å². The average Bonchev–Trinajstić information content (AvgIpc) is 2.55. The van der Waals surface area contributed by atoms with Crippen LogP contribution in [0.25, 0.3) is 0 Å². The molecule has 22 heavy (non-hydrogen) atoms. The second-order valence-electron chi connectivity index (χ2n) is 8.51. The monoisotopic (exact) mass is 306 g/mol. The molecule has 3 aliphatic carbocycles. The highest BCUT2D eigenvalue weighted by atomic mass is 16.4. The quantitative estimate of drug-likeness (QED) is 0.743. The predicted octanol–water partition coefficient (Wildman–Crippen LogP) is 5.51. The normalized spacial score (nSPS) is 42.6. The lowest BCUT2D eigenvalue weighted by molar-refractivity contribution is -0.143. The molecule has 0 aliphatic heterocycles. The van der Waals surface area contributed by atoms with Gasteiger partial charge in [0, 0.05) is 0 Å². The van der Waals surface area contributed by atoms with Crippen LogP contribution in [0.3, 0.4) is 0 Å². The molecule has 2 heteroatoms. The van der Waals surface area contributed by atoms with E-state index in [4.69, 9.17) is 5.11 Å². The lowest BCUT2D eigenvalue weighted by Crippen LogP contribution is -2.35. The Morgan fingerprint density at radius 3 is 2.00 bits per heavy atom. The zero-order valence-corrected chi connectivity index (χ0v) is 14.3. The van der Waals surface area contributed by atoms with E-state index < -0.39 is 5.97 Å². The minimum absolute atomic E-state index is 0.0444. The predicted molar refractivity (Wildman–Crippen MR) is 89.7 cm³/mol. The number of carboxylic acids is 1. The van der Waals surface area contributed by atoms with E-state index in [2.05, 4.69) is 6.92 Å². The topological polar surface area (TPSA) is 37.3 Å². The summed E-state index contributed by atoms with van der Waals surface area (Å²) >= 11 is 0. The Kier molecular flexibility index (Phi) is 5.46. The Hall–Kier alpha value is -0.530. The van der Waals surface area contributed by atoms with E-state index in [1.807, 2.05) is 0 Å². The van der Waals surface area contributed by atoms with Crippen LogP contribution in [0.5, 0.6) is 0 Å². The van der Waals surface area contributed by atoms with E-state index in [0.717, 1.165) is 42.4 Å². The van der Waals surface area contributed by atoms with Gasteiger partial charge >= 0.3 is 5.97 Å². The van der Waals surface area contributed by atoms with Crippen molar-refractivity contribution in [2.45, 2.75) is 84.0 Å². The molecule has 4 unspecified atom stereocenters. The third-order valence-corrected chi connectivity index (χ3v) is 7.25. The molecule has 0 bridgehead atoms. The first-order valence-corrected chi connectivity index (χ1v) is 9.90. The Bertz CT molecular complexity index is 370. The van der Waals surface area contributed by atoms with Gasteiger partial charge in [0.15, 0.2) is 0 Å². The van der Waals surface area contributed by atoms with E-state index >= 15 is 0 Å². The molecular formula is C20H34O2. The van der Waals surface area contributed by atoms with Crippen LogP contribution in [0.2, 0.25) is 0 Å². The van der Waals surface area contributed by atoms with Crippen molar-refractivity contribution in [1.29, 1.82) is 0 Å². The maximum atomic E-state index is 11.1. The van der Waals surface area contributed by atoms with E-state index in [-0.39, 0.29) is 5.92 Å². The summed E-state index contributed by atoms with van der Waals surface area (Å²) in [6.45, 7) is 2.33. The summed E-state index contributed by atoms with van der Waals surface area (Å²) in [5.41, 5.74) is 0. The molecule has 3 fully saturated rings. The highest BCUT2D eigenvalue weighted by molar-refractivity contribution is 5.69. The average molecular weight is 306 g/mol. The van der Waals surface area contributed by atoms with Gasteiger partial charge in [-0.25, -0.2) is 0 Å². The second-order valence-corrected chi connectivity index (χ2v) is 8.51. The molecule has 0 heterocycles. The zero-order chi connectivity index (χ0) is 15.5. The van der Waals surface area contributed by atoms with Gasteiger partial charge in [-0.3, -0.25) is 4.79 Å². The molecule has 0 saturated heterocycles. The van der Waals surface area contributed by atoms with Crippen molar-refractivity contribution in [3.8, 4) is 0 Å². The number of fused-ring (bicyclic) bond motifs is 1. The number of aliphatic carboxylic acids is 1. The summed E-state index contributed by atoms with van der Waals surface area (Å²) in [6.07, 6.45) is 15.9. The molecule has 0 aromatic heterocycles. The Labute approximate surface area is 136 Å². The van der Waals surface area contributed by atoms with Crippen LogP contribution >= 0.6 is 0 Å². The Balaban J connectivity index is 1.48. The molecule has 0 spiro atoms. The SMILES string of the molecule is CCCC1CCC2CC(C3CCC(C(=O)O)CC3)CCC2C1. The minimum atomic E-state index is -0.559. The van der Waals surface area contributed by atoms with Crippen molar-refractivity contribution >= 4 is 5.97 Å². The van der Waals surface area contributed by atoms with Crippen molar-refractivity contribution in [3.05, 3.63) is 0 Å². The van der Waals surface area contributed by atoms with Crippen LogP contribution in [-0.2, 0) is 4.79 Å². The second kappa shape index (κ2) is 7.36. The van der Waals surface area contributed by atoms with Crippen molar-refractivity contribution in [2.24, 2.45) is 35.5 Å². The van der Waals surface area contributed by atoms with Gasteiger partial charge in [-0.2, -0.15) is 0 Å².